The van der Waals surface area contributed by atoms with Crippen LogP contribution in [0, 0.1) is 0 Å². The molecule has 6 heteroatoms. The van der Waals surface area contributed by atoms with Crippen molar-refractivity contribution in [1.29, 1.82) is 0 Å². The normalized spacial score (nSPS) is 12.0. The Morgan fingerprint density at radius 2 is 1.81 bits per heavy atom. The molecule has 2 rings (SSSR count). The first-order chi connectivity index (χ1) is 10.2. The number of hydrogen-bond donors (Lipinski definition) is 1. The average molecular weight is 291 g/mol. The van der Waals surface area contributed by atoms with Gasteiger partial charge in [-0.3, -0.25) is 4.68 Å². The fourth-order valence-electron chi connectivity index (χ4n) is 2.42. The van der Waals surface area contributed by atoms with Gasteiger partial charge in [0.1, 0.15) is 17.2 Å². The Morgan fingerprint density at radius 3 is 2.38 bits per heavy atom. The van der Waals surface area contributed by atoms with Crippen LogP contribution in [0.5, 0.6) is 17.2 Å². The highest BCUT2D eigenvalue weighted by molar-refractivity contribution is 5.47. The minimum absolute atomic E-state index is 0.127. The molecular weight excluding hydrogens is 270 g/mol. The van der Waals surface area contributed by atoms with Crippen LogP contribution in [0.15, 0.2) is 24.4 Å². The molecule has 1 N–H and O–H groups in total. The number of methoxy groups -OCH3 is 3. The van der Waals surface area contributed by atoms with Crippen LogP contribution in [0.2, 0.25) is 0 Å². The van der Waals surface area contributed by atoms with Crippen molar-refractivity contribution in [2.24, 2.45) is 7.05 Å². The Bertz CT molecular complexity index is 610. The zero-order valence-electron chi connectivity index (χ0n) is 13.0. The highest BCUT2D eigenvalue weighted by Gasteiger charge is 2.24. The van der Waals surface area contributed by atoms with Crippen LogP contribution in [-0.4, -0.2) is 38.2 Å². The number of benzene rings is 1. The molecule has 21 heavy (non-hydrogen) atoms. The summed E-state index contributed by atoms with van der Waals surface area (Å²) in [6, 6.07) is 5.58. The molecule has 0 bridgehead atoms. The first kappa shape index (κ1) is 15.2. The number of aromatic nitrogens is 2. The van der Waals surface area contributed by atoms with Crippen molar-refractivity contribution in [1.82, 2.24) is 15.1 Å². The summed E-state index contributed by atoms with van der Waals surface area (Å²) in [6.45, 7) is 0. The summed E-state index contributed by atoms with van der Waals surface area (Å²) in [7, 11) is 8.70. The second-order valence-electron chi connectivity index (χ2n) is 4.55. The molecule has 1 atom stereocenters. The van der Waals surface area contributed by atoms with E-state index in [1.807, 2.05) is 32.3 Å². The molecule has 6 nitrogen and oxygen atoms in total. The van der Waals surface area contributed by atoms with Crippen LogP contribution < -0.4 is 19.5 Å². The Balaban J connectivity index is 2.57. The molecule has 114 valence electrons. The van der Waals surface area contributed by atoms with Crippen LogP contribution in [0.1, 0.15) is 17.3 Å². The lowest BCUT2D eigenvalue weighted by molar-refractivity contribution is 0.387. The molecule has 0 saturated heterocycles. The van der Waals surface area contributed by atoms with E-state index in [1.165, 1.54) is 0 Å². The number of nitrogens with one attached hydrogen (secondary N) is 1. The minimum Gasteiger partial charge on any atom is -0.497 e. The molecule has 0 saturated carbocycles. The van der Waals surface area contributed by atoms with Crippen LogP contribution >= 0.6 is 0 Å². The van der Waals surface area contributed by atoms with Gasteiger partial charge in [-0.2, -0.15) is 5.10 Å². The fraction of sp³-hybridized carbons (Fsp3) is 0.400. The Kier molecular flexibility index (Phi) is 4.70. The van der Waals surface area contributed by atoms with Crippen molar-refractivity contribution in [3.8, 4) is 17.2 Å². The third-order valence-corrected chi connectivity index (χ3v) is 3.48. The van der Waals surface area contributed by atoms with Crippen molar-refractivity contribution in [2.75, 3.05) is 28.4 Å². The van der Waals surface area contributed by atoms with Crippen LogP contribution in [0.3, 0.4) is 0 Å². The number of aryl methyl sites for hydroxylation is 1. The zero-order chi connectivity index (χ0) is 15.4. The predicted octanol–water partition coefficient (Wildman–Crippen LogP) is 1.75. The lowest BCUT2D eigenvalue weighted by atomic mass is 10.0. The Morgan fingerprint density at radius 1 is 1.10 bits per heavy atom. The first-order valence-corrected chi connectivity index (χ1v) is 6.61. The van der Waals surface area contributed by atoms with Crippen LogP contribution in [-0.2, 0) is 7.05 Å². The van der Waals surface area contributed by atoms with Gasteiger partial charge in [0, 0.05) is 12.6 Å². The molecule has 1 heterocycles. The smallest absolute Gasteiger partial charge is 0.161 e. The van der Waals surface area contributed by atoms with Gasteiger partial charge in [0.2, 0.25) is 0 Å². The van der Waals surface area contributed by atoms with Gasteiger partial charge in [0.15, 0.2) is 5.75 Å². The predicted molar refractivity (Wildman–Crippen MR) is 80.2 cm³/mol. The van der Waals surface area contributed by atoms with E-state index in [2.05, 4.69) is 10.4 Å². The van der Waals surface area contributed by atoms with Gasteiger partial charge in [-0.25, -0.2) is 0 Å². The van der Waals surface area contributed by atoms with Crippen molar-refractivity contribution < 1.29 is 14.2 Å². The van der Waals surface area contributed by atoms with Crippen molar-refractivity contribution in [3.05, 3.63) is 35.7 Å². The standard InChI is InChI=1S/C15H21N3O3/c1-16-14(15-13(21-5)9-17-18(15)2)11-8-10(19-3)6-7-12(11)20-4/h6-9,14,16H,1-5H3. The van der Waals surface area contributed by atoms with E-state index in [0.29, 0.717) is 0 Å². The van der Waals surface area contributed by atoms with Gasteiger partial charge in [-0.1, -0.05) is 0 Å². The van der Waals surface area contributed by atoms with Gasteiger partial charge in [0.25, 0.3) is 0 Å². The number of ether oxygens (including phenoxy) is 3. The first-order valence-electron chi connectivity index (χ1n) is 6.61. The van der Waals surface area contributed by atoms with E-state index in [1.54, 1.807) is 32.2 Å². The highest BCUT2D eigenvalue weighted by atomic mass is 16.5. The maximum atomic E-state index is 5.47. The van der Waals surface area contributed by atoms with E-state index in [-0.39, 0.29) is 6.04 Å². The van der Waals surface area contributed by atoms with Crippen molar-refractivity contribution in [3.63, 3.8) is 0 Å². The SMILES string of the molecule is CNC(c1cc(OC)ccc1OC)c1c(OC)cnn1C. The second kappa shape index (κ2) is 6.49. The van der Waals surface area contributed by atoms with E-state index >= 15 is 0 Å². The Hall–Kier alpha value is -2.21. The molecule has 0 aliphatic rings. The molecule has 0 aliphatic carbocycles. The summed E-state index contributed by atoms with van der Waals surface area (Å²) in [5, 5.41) is 7.55. The third-order valence-electron chi connectivity index (χ3n) is 3.48. The molecule has 0 amide bonds. The van der Waals surface area contributed by atoms with Crippen LogP contribution in [0.4, 0.5) is 0 Å². The number of hydrogen-bond acceptors (Lipinski definition) is 5. The van der Waals surface area contributed by atoms with E-state index in [9.17, 15) is 0 Å². The summed E-state index contributed by atoms with van der Waals surface area (Å²) >= 11 is 0. The van der Waals surface area contributed by atoms with Gasteiger partial charge >= 0.3 is 0 Å². The van der Waals surface area contributed by atoms with Gasteiger partial charge < -0.3 is 19.5 Å². The summed E-state index contributed by atoms with van der Waals surface area (Å²) in [6.07, 6.45) is 1.70. The van der Waals surface area contributed by atoms with Crippen LogP contribution in [0.25, 0.3) is 0 Å². The molecule has 1 aromatic heterocycles. The quantitative estimate of drug-likeness (QED) is 0.879. The molecular formula is C15H21N3O3. The third kappa shape index (κ3) is 2.80. The second-order valence-corrected chi connectivity index (χ2v) is 4.55. The van der Waals surface area contributed by atoms with E-state index in [4.69, 9.17) is 14.2 Å². The number of nitrogens with zero attached hydrogens (tertiary/aromatic N) is 2. The van der Waals surface area contributed by atoms with Crippen molar-refractivity contribution in [2.45, 2.75) is 6.04 Å². The van der Waals surface area contributed by atoms with Gasteiger partial charge in [-0.05, 0) is 25.2 Å². The number of rotatable bonds is 6. The van der Waals surface area contributed by atoms with Gasteiger partial charge in [-0.15, -0.1) is 0 Å². The lowest BCUT2D eigenvalue weighted by Gasteiger charge is -2.21. The maximum Gasteiger partial charge on any atom is 0.161 e. The average Bonchev–Trinajstić information content (AvgIpc) is 2.89. The molecule has 0 radical (unpaired) electrons. The maximum absolute atomic E-state index is 5.47. The highest BCUT2D eigenvalue weighted by Crippen LogP contribution is 2.36. The molecule has 1 aromatic carbocycles. The van der Waals surface area contributed by atoms with E-state index < -0.39 is 0 Å². The molecule has 0 spiro atoms. The van der Waals surface area contributed by atoms with Crippen molar-refractivity contribution >= 4 is 0 Å². The topological polar surface area (TPSA) is 57.5 Å². The minimum atomic E-state index is -0.127. The van der Waals surface area contributed by atoms with E-state index in [0.717, 1.165) is 28.5 Å². The summed E-state index contributed by atoms with van der Waals surface area (Å²) < 4.78 is 18.0. The summed E-state index contributed by atoms with van der Waals surface area (Å²) in [5.74, 6) is 2.27. The zero-order valence-corrected chi connectivity index (χ0v) is 13.0. The fourth-order valence-corrected chi connectivity index (χ4v) is 2.42. The summed E-state index contributed by atoms with van der Waals surface area (Å²) in [5.41, 5.74) is 1.88. The molecule has 2 aromatic rings. The molecule has 0 aliphatic heterocycles. The lowest BCUT2D eigenvalue weighted by Crippen LogP contribution is -2.22. The van der Waals surface area contributed by atoms with Gasteiger partial charge in [0.05, 0.1) is 33.6 Å². The monoisotopic (exact) mass is 291 g/mol. The summed E-state index contributed by atoms with van der Waals surface area (Å²) in [4.78, 5) is 0. The largest absolute Gasteiger partial charge is 0.497 e. The molecule has 1 unspecified atom stereocenters. The Labute approximate surface area is 124 Å². The molecule has 0 fully saturated rings.